The topological polar surface area (TPSA) is 159 Å². The minimum atomic E-state index is -4.57. The summed E-state index contributed by atoms with van der Waals surface area (Å²) in [6, 6.07) is 11.2. The molecular weight excluding hydrogens is 497 g/mol. The molecular formula is C23H15F3N6O5. The lowest BCUT2D eigenvalue weighted by Gasteiger charge is -2.12. The summed E-state index contributed by atoms with van der Waals surface area (Å²) in [5.74, 6) is -0.774. The molecule has 4 aromatic rings. The Morgan fingerprint density at radius 1 is 0.919 bits per heavy atom. The van der Waals surface area contributed by atoms with Gasteiger partial charge in [-0.05, 0) is 42.5 Å². The number of aromatic nitrogens is 2. The van der Waals surface area contributed by atoms with Crippen molar-refractivity contribution in [3.8, 4) is 0 Å². The predicted molar refractivity (Wildman–Crippen MR) is 127 cm³/mol. The number of nitrogens with zero attached hydrogens (tertiary/aromatic N) is 2. The van der Waals surface area contributed by atoms with Crippen molar-refractivity contribution in [2.75, 3.05) is 16.0 Å². The summed E-state index contributed by atoms with van der Waals surface area (Å²) in [7, 11) is 0. The Morgan fingerprint density at radius 3 is 2.19 bits per heavy atom. The second-order valence-electron chi connectivity index (χ2n) is 7.54. The number of aromatic amines is 1. The van der Waals surface area contributed by atoms with Gasteiger partial charge in [0.1, 0.15) is 0 Å². The molecule has 0 bridgehead atoms. The molecule has 4 rings (SSSR count). The van der Waals surface area contributed by atoms with Crippen LogP contribution in [0.1, 0.15) is 15.9 Å². The Bertz CT molecular complexity index is 1600. The van der Waals surface area contributed by atoms with Gasteiger partial charge in [-0.3, -0.25) is 19.7 Å². The Kier molecular flexibility index (Phi) is 6.56. The number of fused-ring (bicyclic) bond motifs is 1. The first-order valence-corrected chi connectivity index (χ1v) is 10.3. The van der Waals surface area contributed by atoms with Gasteiger partial charge in [0, 0.05) is 23.1 Å². The molecule has 4 N–H and O–H groups in total. The summed E-state index contributed by atoms with van der Waals surface area (Å²) < 4.78 is 38.6. The van der Waals surface area contributed by atoms with Crippen molar-refractivity contribution in [3.05, 3.63) is 98.6 Å². The first-order chi connectivity index (χ1) is 17.5. The number of urea groups is 1. The predicted octanol–water partition coefficient (Wildman–Crippen LogP) is 4.75. The summed E-state index contributed by atoms with van der Waals surface area (Å²) in [5.41, 5.74) is -2.26. The first kappa shape index (κ1) is 24.8. The summed E-state index contributed by atoms with van der Waals surface area (Å²) >= 11 is 0. The molecule has 14 heteroatoms. The van der Waals surface area contributed by atoms with E-state index in [2.05, 4.69) is 25.9 Å². The maximum Gasteiger partial charge on any atom is 0.416 e. The molecule has 3 aromatic carbocycles. The molecule has 1 heterocycles. The highest BCUT2D eigenvalue weighted by molar-refractivity contribution is 6.13. The van der Waals surface area contributed by atoms with Gasteiger partial charge < -0.3 is 20.9 Å². The van der Waals surface area contributed by atoms with E-state index in [-0.39, 0.29) is 33.5 Å². The smallest absolute Gasteiger partial charge is 0.322 e. The zero-order valence-corrected chi connectivity index (χ0v) is 18.4. The third kappa shape index (κ3) is 5.53. The lowest BCUT2D eigenvalue weighted by atomic mass is 10.1. The molecule has 0 saturated heterocycles. The fraction of sp³-hybridized carbons (Fsp3) is 0.0435. The summed E-state index contributed by atoms with van der Waals surface area (Å²) in [6.45, 7) is 0. The van der Waals surface area contributed by atoms with Crippen LogP contribution in [0.4, 0.5) is 40.7 Å². The van der Waals surface area contributed by atoms with Crippen molar-refractivity contribution in [1.29, 1.82) is 0 Å². The van der Waals surface area contributed by atoms with E-state index in [9.17, 15) is 37.7 Å². The largest absolute Gasteiger partial charge is 0.416 e. The van der Waals surface area contributed by atoms with Crippen molar-refractivity contribution in [3.63, 3.8) is 0 Å². The third-order valence-corrected chi connectivity index (χ3v) is 5.04. The minimum Gasteiger partial charge on any atom is -0.322 e. The van der Waals surface area contributed by atoms with Crippen LogP contribution in [0.15, 0.2) is 71.8 Å². The molecule has 1 aromatic heterocycles. The van der Waals surface area contributed by atoms with E-state index in [0.717, 1.165) is 36.7 Å². The van der Waals surface area contributed by atoms with Crippen LogP contribution in [0.5, 0.6) is 0 Å². The standard InChI is InChI=1S/C23H15F3N6O5/c24-23(25,26)12-3-1-4-13(9-12)30-22(35)31-15-6-2-5-14(10-15)29-20(33)16-7-8-17(32(36)37)19-18(16)21(34)28-11-27-19/h1-11H,(H,29,33)(H,27,28,34)(H2,30,31,35). The van der Waals surface area contributed by atoms with E-state index in [1.54, 1.807) is 0 Å². The molecule has 0 radical (unpaired) electrons. The van der Waals surface area contributed by atoms with Gasteiger partial charge in [-0.2, -0.15) is 13.2 Å². The van der Waals surface area contributed by atoms with Crippen LogP contribution >= 0.6 is 0 Å². The highest BCUT2D eigenvalue weighted by Gasteiger charge is 2.30. The number of alkyl halides is 3. The van der Waals surface area contributed by atoms with Gasteiger partial charge in [0.05, 0.1) is 27.8 Å². The van der Waals surface area contributed by atoms with Crippen LogP contribution in [-0.2, 0) is 6.18 Å². The number of nitro benzene ring substituents is 1. The number of hydrogen-bond acceptors (Lipinski definition) is 6. The summed E-state index contributed by atoms with van der Waals surface area (Å²) in [6.07, 6.45) is -3.59. The second-order valence-corrected chi connectivity index (χ2v) is 7.54. The molecule has 0 aliphatic heterocycles. The average Bonchev–Trinajstić information content (AvgIpc) is 2.83. The molecule has 0 aliphatic rings. The number of hydrogen-bond donors (Lipinski definition) is 4. The van der Waals surface area contributed by atoms with Gasteiger partial charge in [0.2, 0.25) is 0 Å². The highest BCUT2D eigenvalue weighted by Crippen LogP contribution is 2.31. The molecule has 0 spiro atoms. The Balaban J connectivity index is 1.52. The molecule has 0 unspecified atom stereocenters. The van der Waals surface area contributed by atoms with E-state index < -0.39 is 39.8 Å². The summed E-state index contributed by atoms with van der Waals surface area (Å²) in [4.78, 5) is 54.1. The fourth-order valence-electron chi connectivity index (χ4n) is 3.44. The number of anilines is 3. The van der Waals surface area contributed by atoms with Crippen molar-refractivity contribution >= 4 is 45.6 Å². The van der Waals surface area contributed by atoms with Gasteiger partial charge in [0.25, 0.3) is 17.2 Å². The van der Waals surface area contributed by atoms with Gasteiger partial charge in [0.15, 0.2) is 5.52 Å². The maximum absolute atomic E-state index is 12.9. The fourth-order valence-corrected chi connectivity index (χ4v) is 3.44. The third-order valence-electron chi connectivity index (χ3n) is 5.04. The number of H-pyrrole nitrogens is 1. The van der Waals surface area contributed by atoms with Gasteiger partial charge in [-0.15, -0.1) is 0 Å². The zero-order valence-electron chi connectivity index (χ0n) is 18.4. The van der Waals surface area contributed by atoms with Crippen LogP contribution in [0.25, 0.3) is 10.9 Å². The zero-order chi connectivity index (χ0) is 26.7. The molecule has 3 amide bonds. The van der Waals surface area contributed by atoms with Crippen molar-refractivity contribution in [1.82, 2.24) is 9.97 Å². The number of carbonyl (C=O) groups is 2. The van der Waals surface area contributed by atoms with Crippen molar-refractivity contribution in [2.45, 2.75) is 6.18 Å². The molecule has 11 nitrogen and oxygen atoms in total. The molecule has 0 fully saturated rings. The second kappa shape index (κ2) is 9.77. The maximum atomic E-state index is 12.9. The van der Waals surface area contributed by atoms with Gasteiger partial charge >= 0.3 is 12.2 Å². The number of nitro groups is 1. The van der Waals surface area contributed by atoms with Crippen LogP contribution in [-0.4, -0.2) is 26.8 Å². The quantitative estimate of drug-likeness (QED) is 0.223. The lowest BCUT2D eigenvalue weighted by Crippen LogP contribution is -2.20. The number of non-ortho nitro benzene ring substituents is 1. The highest BCUT2D eigenvalue weighted by atomic mass is 19.4. The van der Waals surface area contributed by atoms with Crippen LogP contribution in [0, 0.1) is 10.1 Å². The normalized spacial score (nSPS) is 11.1. The number of carbonyl (C=O) groups excluding carboxylic acids is 2. The van der Waals surface area contributed by atoms with E-state index in [0.29, 0.717) is 0 Å². The lowest BCUT2D eigenvalue weighted by molar-refractivity contribution is -0.383. The number of halogens is 3. The van der Waals surface area contributed by atoms with Crippen LogP contribution in [0.3, 0.4) is 0 Å². The van der Waals surface area contributed by atoms with Gasteiger partial charge in [-0.1, -0.05) is 12.1 Å². The number of benzene rings is 3. The number of nitrogens with one attached hydrogen (secondary N) is 4. The molecule has 0 atom stereocenters. The average molecular weight is 512 g/mol. The SMILES string of the molecule is O=C(Nc1cccc(NC(=O)c2ccc([N+](=O)[O-])c3nc[nH]c(=O)c23)c1)Nc1cccc(C(F)(F)F)c1. The first-order valence-electron chi connectivity index (χ1n) is 10.3. The van der Waals surface area contributed by atoms with E-state index in [1.807, 2.05) is 0 Å². The molecule has 188 valence electrons. The van der Waals surface area contributed by atoms with Crippen molar-refractivity contribution < 1.29 is 27.7 Å². The van der Waals surface area contributed by atoms with Gasteiger partial charge in [-0.25, -0.2) is 9.78 Å². The van der Waals surface area contributed by atoms with Crippen LogP contribution in [0.2, 0.25) is 0 Å². The van der Waals surface area contributed by atoms with E-state index in [4.69, 9.17) is 0 Å². The van der Waals surface area contributed by atoms with Crippen molar-refractivity contribution in [2.24, 2.45) is 0 Å². The Morgan fingerprint density at radius 2 is 1.54 bits per heavy atom. The summed E-state index contributed by atoms with van der Waals surface area (Å²) in [5, 5.41) is 18.2. The molecule has 0 aliphatic carbocycles. The molecule has 0 saturated carbocycles. The van der Waals surface area contributed by atoms with Crippen LogP contribution < -0.4 is 21.5 Å². The molecule has 37 heavy (non-hydrogen) atoms. The number of rotatable bonds is 5. The Labute approximate surface area is 204 Å². The monoisotopic (exact) mass is 512 g/mol. The minimum absolute atomic E-state index is 0.0827. The number of amides is 3. The van der Waals surface area contributed by atoms with E-state index in [1.165, 1.54) is 30.3 Å². The Hall–Kier alpha value is -5.27. The van der Waals surface area contributed by atoms with E-state index >= 15 is 0 Å².